The van der Waals surface area contributed by atoms with Gasteiger partial charge in [-0.2, -0.15) is 0 Å². The van der Waals surface area contributed by atoms with Crippen LogP contribution in [0.1, 0.15) is 27.2 Å². The normalized spacial score (nSPS) is 20.3. The Morgan fingerprint density at radius 1 is 1.26 bits per heavy atom. The summed E-state index contributed by atoms with van der Waals surface area (Å²) < 4.78 is 15.9. The summed E-state index contributed by atoms with van der Waals surface area (Å²) in [6, 6.07) is 5.59. The predicted molar refractivity (Wildman–Crippen MR) is 95.5 cm³/mol. The standard InChI is InChI=1S/C18H22ClNO7/c1-10(2)17(25-11(3)21)27-18(24)20-9-14(8-15(20)16(22)23)26-13-6-4-5-12(19)7-13/h4-7,10,14-15,17H,8-9H2,1-3H3,(H,22,23)/t14-,15-,17+/m0/s1. The van der Waals surface area contributed by atoms with E-state index in [4.69, 9.17) is 25.8 Å². The number of nitrogens with zero attached hydrogens (tertiary/aromatic N) is 1. The Morgan fingerprint density at radius 3 is 2.52 bits per heavy atom. The van der Waals surface area contributed by atoms with Crippen molar-refractivity contribution in [3.05, 3.63) is 29.3 Å². The molecule has 27 heavy (non-hydrogen) atoms. The van der Waals surface area contributed by atoms with E-state index < -0.39 is 36.5 Å². The van der Waals surface area contributed by atoms with E-state index in [1.807, 2.05) is 0 Å². The number of carboxylic acids is 1. The maximum Gasteiger partial charge on any atom is 0.413 e. The Hall–Kier alpha value is -2.48. The molecule has 0 saturated carbocycles. The lowest BCUT2D eigenvalue weighted by atomic mass is 10.2. The molecule has 0 aromatic heterocycles. The summed E-state index contributed by atoms with van der Waals surface area (Å²) in [4.78, 5) is 36.3. The van der Waals surface area contributed by atoms with Gasteiger partial charge in [-0.15, -0.1) is 0 Å². The molecule has 0 aliphatic carbocycles. The summed E-state index contributed by atoms with van der Waals surface area (Å²) in [6.07, 6.45) is -2.42. The average Bonchev–Trinajstić information content (AvgIpc) is 2.98. The number of hydrogen-bond acceptors (Lipinski definition) is 6. The average molecular weight is 400 g/mol. The van der Waals surface area contributed by atoms with Crippen molar-refractivity contribution >= 4 is 29.6 Å². The highest BCUT2D eigenvalue weighted by Gasteiger charge is 2.42. The number of carboxylic acid groups (broad SMARTS) is 1. The van der Waals surface area contributed by atoms with Gasteiger partial charge in [0.25, 0.3) is 6.29 Å². The molecular formula is C18H22ClNO7. The van der Waals surface area contributed by atoms with Crippen LogP contribution in [-0.2, 0) is 19.1 Å². The summed E-state index contributed by atoms with van der Waals surface area (Å²) in [5.41, 5.74) is 0. The molecular weight excluding hydrogens is 378 g/mol. The molecule has 1 aliphatic rings. The molecule has 2 rings (SSSR count). The van der Waals surface area contributed by atoms with Crippen LogP contribution in [0.15, 0.2) is 24.3 Å². The molecule has 0 bridgehead atoms. The molecule has 1 aliphatic heterocycles. The number of amides is 1. The third-order valence-corrected chi connectivity index (χ3v) is 4.16. The third kappa shape index (κ3) is 5.75. The SMILES string of the molecule is CC(=O)O[C@H](OC(=O)N1C[C@@H](Oc2cccc(Cl)c2)C[C@H]1C(=O)O)C(C)C. The van der Waals surface area contributed by atoms with Crippen LogP contribution in [0.4, 0.5) is 4.79 Å². The highest BCUT2D eigenvalue weighted by Crippen LogP contribution is 2.26. The number of halogens is 1. The van der Waals surface area contributed by atoms with E-state index in [-0.39, 0.29) is 18.9 Å². The van der Waals surface area contributed by atoms with Crippen molar-refractivity contribution in [3.8, 4) is 5.75 Å². The highest BCUT2D eigenvalue weighted by atomic mass is 35.5. The van der Waals surface area contributed by atoms with Gasteiger partial charge in [0, 0.05) is 24.3 Å². The van der Waals surface area contributed by atoms with Gasteiger partial charge >= 0.3 is 18.0 Å². The minimum atomic E-state index is -1.17. The molecule has 0 radical (unpaired) electrons. The maximum atomic E-state index is 12.5. The van der Waals surface area contributed by atoms with E-state index >= 15 is 0 Å². The zero-order valence-electron chi connectivity index (χ0n) is 15.3. The van der Waals surface area contributed by atoms with Gasteiger partial charge in [-0.25, -0.2) is 9.59 Å². The van der Waals surface area contributed by atoms with Crippen LogP contribution in [0.25, 0.3) is 0 Å². The molecule has 1 N–H and O–H groups in total. The quantitative estimate of drug-likeness (QED) is 0.579. The topological polar surface area (TPSA) is 102 Å². The number of hydrogen-bond donors (Lipinski definition) is 1. The lowest BCUT2D eigenvalue weighted by molar-refractivity contribution is -0.174. The Morgan fingerprint density at radius 2 is 1.96 bits per heavy atom. The number of rotatable bonds is 6. The van der Waals surface area contributed by atoms with Crippen molar-refractivity contribution < 1.29 is 33.7 Å². The molecule has 1 aromatic carbocycles. The first kappa shape index (κ1) is 20.8. The van der Waals surface area contributed by atoms with Gasteiger partial charge < -0.3 is 19.3 Å². The van der Waals surface area contributed by atoms with Gasteiger partial charge in [-0.05, 0) is 18.2 Å². The molecule has 1 heterocycles. The van der Waals surface area contributed by atoms with E-state index in [1.54, 1.807) is 38.1 Å². The minimum Gasteiger partial charge on any atom is -0.488 e. The molecule has 1 aromatic rings. The molecule has 148 valence electrons. The Labute approximate surface area is 161 Å². The second-order valence-corrected chi connectivity index (χ2v) is 6.98. The van der Waals surface area contributed by atoms with Crippen LogP contribution in [0, 0.1) is 5.92 Å². The zero-order chi connectivity index (χ0) is 20.1. The molecule has 0 spiro atoms. The fourth-order valence-corrected chi connectivity index (χ4v) is 2.86. The third-order valence-electron chi connectivity index (χ3n) is 3.92. The summed E-state index contributed by atoms with van der Waals surface area (Å²) in [5, 5.41) is 9.92. The monoisotopic (exact) mass is 399 g/mol. The van der Waals surface area contributed by atoms with Crippen molar-refractivity contribution in [2.45, 2.75) is 45.6 Å². The van der Waals surface area contributed by atoms with Crippen LogP contribution in [0.3, 0.4) is 0 Å². The van der Waals surface area contributed by atoms with E-state index in [9.17, 15) is 19.5 Å². The molecule has 0 unspecified atom stereocenters. The van der Waals surface area contributed by atoms with Crippen molar-refractivity contribution in [2.24, 2.45) is 5.92 Å². The van der Waals surface area contributed by atoms with E-state index in [2.05, 4.69) is 0 Å². The number of ether oxygens (including phenoxy) is 3. The molecule has 8 nitrogen and oxygen atoms in total. The van der Waals surface area contributed by atoms with E-state index in [0.29, 0.717) is 10.8 Å². The van der Waals surface area contributed by atoms with Crippen molar-refractivity contribution in [2.75, 3.05) is 6.54 Å². The van der Waals surface area contributed by atoms with Gasteiger partial charge in [0.15, 0.2) is 0 Å². The van der Waals surface area contributed by atoms with E-state index in [1.165, 1.54) is 6.92 Å². The van der Waals surface area contributed by atoms with Gasteiger partial charge in [-0.3, -0.25) is 9.69 Å². The fourth-order valence-electron chi connectivity index (χ4n) is 2.68. The number of esters is 1. The van der Waals surface area contributed by atoms with Crippen molar-refractivity contribution in [1.82, 2.24) is 4.90 Å². The van der Waals surface area contributed by atoms with Gasteiger partial charge in [-0.1, -0.05) is 31.5 Å². The van der Waals surface area contributed by atoms with Gasteiger partial charge in [0.05, 0.1) is 6.54 Å². The minimum absolute atomic E-state index is 0.0210. The number of benzene rings is 1. The molecule has 3 atom stereocenters. The Kier molecular flexibility index (Phi) is 6.90. The number of carbonyl (C=O) groups is 3. The lowest BCUT2D eigenvalue weighted by Gasteiger charge is -2.26. The summed E-state index contributed by atoms with van der Waals surface area (Å²) in [6.45, 7) is 4.65. The first-order valence-electron chi connectivity index (χ1n) is 8.47. The summed E-state index contributed by atoms with van der Waals surface area (Å²) >= 11 is 5.92. The lowest BCUT2D eigenvalue weighted by Crippen LogP contribution is -2.43. The van der Waals surface area contributed by atoms with Crippen LogP contribution in [0.5, 0.6) is 5.75 Å². The van der Waals surface area contributed by atoms with Crippen LogP contribution >= 0.6 is 11.6 Å². The largest absolute Gasteiger partial charge is 0.488 e. The molecule has 1 fully saturated rings. The van der Waals surface area contributed by atoms with Gasteiger partial charge in [0.2, 0.25) is 0 Å². The summed E-state index contributed by atoms with van der Waals surface area (Å²) in [5.74, 6) is -1.58. The second kappa shape index (κ2) is 8.94. The molecule has 9 heteroatoms. The number of likely N-dealkylation sites (tertiary alicyclic amines) is 1. The van der Waals surface area contributed by atoms with Crippen molar-refractivity contribution in [3.63, 3.8) is 0 Å². The summed E-state index contributed by atoms with van der Waals surface area (Å²) in [7, 11) is 0. The molecule has 1 saturated heterocycles. The number of aliphatic carboxylic acids is 1. The predicted octanol–water partition coefficient (Wildman–Crippen LogP) is 2.93. The van der Waals surface area contributed by atoms with Crippen LogP contribution in [-0.4, -0.2) is 53.0 Å². The van der Waals surface area contributed by atoms with Crippen LogP contribution in [0.2, 0.25) is 5.02 Å². The van der Waals surface area contributed by atoms with Gasteiger partial charge in [0.1, 0.15) is 17.9 Å². The Bertz CT molecular complexity index is 709. The first-order chi connectivity index (χ1) is 12.7. The smallest absolute Gasteiger partial charge is 0.413 e. The molecule has 1 amide bonds. The van der Waals surface area contributed by atoms with Crippen LogP contribution < -0.4 is 4.74 Å². The zero-order valence-corrected chi connectivity index (χ0v) is 16.0. The highest BCUT2D eigenvalue weighted by molar-refractivity contribution is 6.30. The maximum absolute atomic E-state index is 12.5. The van der Waals surface area contributed by atoms with E-state index in [0.717, 1.165) is 4.90 Å². The number of carbonyl (C=O) groups excluding carboxylic acids is 2. The Balaban J connectivity index is 2.08. The second-order valence-electron chi connectivity index (χ2n) is 6.54. The first-order valence-corrected chi connectivity index (χ1v) is 8.84. The van der Waals surface area contributed by atoms with Crippen molar-refractivity contribution in [1.29, 1.82) is 0 Å². The fraction of sp³-hybridized carbons (Fsp3) is 0.500.